The number of aliphatic hydroxyl groups excluding tert-OH is 3. The normalized spacial score (nSPS) is 29.0. The second-order valence-corrected chi connectivity index (χ2v) is 9.45. The Morgan fingerprint density at radius 3 is 2.22 bits per heavy atom. The summed E-state index contributed by atoms with van der Waals surface area (Å²) in [6.07, 6.45) is -2.28. The van der Waals surface area contributed by atoms with Crippen LogP contribution in [0.15, 0.2) is 42.6 Å². The van der Waals surface area contributed by atoms with Gasteiger partial charge in [-0.1, -0.05) is 12.1 Å². The maximum absolute atomic E-state index is 11.4. The highest BCUT2D eigenvalue weighted by Crippen LogP contribution is 2.28. The van der Waals surface area contributed by atoms with E-state index in [1.165, 1.54) is 31.1 Å². The summed E-state index contributed by atoms with van der Waals surface area (Å²) in [7, 11) is -4.85. The number of pyridine rings is 1. The molecule has 0 spiro atoms. The maximum Gasteiger partial charge on any atom is 0.295 e. The second kappa shape index (κ2) is 9.30. The zero-order chi connectivity index (χ0) is 22.9. The van der Waals surface area contributed by atoms with Crippen LogP contribution in [0.5, 0.6) is 5.75 Å². The lowest BCUT2D eigenvalue weighted by Crippen LogP contribution is -2.61. The smallest absolute Gasteiger partial charge is 0.295 e. The van der Waals surface area contributed by atoms with Gasteiger partial charge in [-0.2, -0.15) is 8.42 Å². The van der Waals surface area contributed by atoms with E-state index in [0.29, 0.717) is 5.69 Å². The molecule has 2 aromatic rings. The van der Waals surface area contributed by atoms with Gasteiger partial charge in [0.1, 0.15) is 24.1 Å². The van der Waals surface area contributed by atoms with Crippen molar-refractivity contribution < 1.29 is 37.8 Å². The molecule has 4 N–H and O–H groups in total. The van der Waals surface area contributed by atoms with E-state index in [1.807, 2.05) is 12.1 Å². The zero-order valence-corrected chi connectivity index (χ0v) is 18.0. The number of aliphatic hydroxyl groups is 3. The minimum Gasteiger partial charge on any atom is -0.460 e. The molecular weight excluding hydrogens is 440 g/mol. The van der Waals surface area contributed by atoms with Gasteiger partial charge in [-0.3, -0.25) is 9.54 Å². The summed E-state index contributed by atoms with van der Waals surface area (Å²) >= 11 is 0. The van der Waals surface area contributed by atoms with Crippen LogP contribution in [0.25, 0.3) is 11.3 Å². The molecular formula is C21H26N2O8S. The van der Waals surface area contributed by atoms with Crippen molar-refractivity contribution >= 4 is 15.8 Å². The number of piperidine rings is 1. The van der Waals surface area contributed by atoms with Gasteiger partial charge in [0.25, 0.3) is 10.1 Å². The van der Waals surface area contributed by atoms with Crippen molar-refractivity contribution in [3.8, 4) is 17.0 Å². The Labute approximate surface area is 185 Å². The highest BCUT2D eigenvalue weighted by molar-refractivity contribution is 7.86. The molecule has 4 rings (SSSR count). The topological polar surface area (TPSA) is 150 Å². The molecule has 3 heterocycles. The first-order chi connectivity index (χ1) is 15.2. The van der Waals surface area contributed by atoms with E-state index in [1.54, 1.807) is 12.1 Å². The van der Waals surface area contributed by atoms with Gasteiger partial charge in [0.15, 0.2) is 0 Å². The van der Waals surface area contributed by atoms with E-state index in [2.05, 4.69) is 22.0 Å². The average molecular weight is 467 g/mol. The monoisotopic (exact) mass is 466 g/mol. The van der Waals surface area contributed by atoms with Crippen molar-refractivity contribution in [2.24, 2.45) is 0 Å². The van der Waals surface area contributed by atoms with Crippen LogP contribution < -0.4 is 9.64 Å². The van der Waals surface area contributed by atoms with Gasteiger partial charge in [-0.05, 0) is 43.5 Å². The largest absolute Gasteiger partial charge is 0.460 e. The fourth-order valence-corrected chi connectivity index (χ4v) is 4.67. The Hall–Kier alpha value is -2.28. The lowest BCUT2D eigenvalue weighted by Gasteiger charge is -2.38. The van der Waals surface area contributed by atoms with Gasteiger partial charge in [-0.25, -0.2) is 0 Å². The summed E-state index contributed by atoms with van der Waals surface area (Å²) in [5.41, 5.74) is 0.595. The zero-order valence-electron chi connectivity index (χ0n) is 17.2. The first-order valence-electron chi connectivity index (χ1n) is 10.4. The van der Waals surface area contributed by atoms with Gasteiger partial charge in [-0.15, -0.1) is 0 Å². The van der Waals surface area contributed by atoms with Crippen molar-refractivity contribution in [3.05, 3.63) is 42.6 Å². The van der Waals surface area contributed by atoms with Gasteiger partial charge in [0.05, 0.1) is 11.9 Å². The number of hydrogen-bond donors (Lipinski definition) is 4. The second-order valence-electron chi connectivity index (χ2n) is 7.95. The van der Waals surface area contributed by atoms with Crippen LogP contribution in [0, 0.1) is 0 Å². The number of ether oxygens (including phenoxy) is 2. The van der Waals surface area contributed by atoms with Crippen LogP contribution in [0.3, 0.4) is 0 Å². The minimum atomic E-state index is -4.85. The average Bonchev–Trinajstić information content (AvgIpc) is 2.80. The van der Waals surface area contributed by atoms with Crippen molar-refractivity contribution in [1.29, 1.82) is 0 Å². The highest BCUT2D eigenvalue weighted by atomic mass is 32.2. The molecule has 5 atom stereocenters. The molecule has 2 aliphatic rings. The molecule has 1 aromatic heterocycles. The number of anilines is 1. The van der Waals surface area contributed by atoms with E-state index >= 15 is 0 Å². The van der Waals surface area contributed by atoms with Crippen molar-refractivity contribution in [2.45, 2.75) is 49.3 Å². The molecule has 0 saturated carbocycles. The van der Waals surface area contributed by atoms with Gasteiger partial charge in [0, 0.05) is 24.3 Å². The van der Waals surface area contributed by atoms with E-state index < -0.39 is 40.2 Å². The van der Waals surface area contributed by atoms with E-state index in [0.717, 1.165) is 18.7 Å². The summed E-state index contributed by atoms with van der Waals surface area (Å²) in [6, 6.07) is 11.3. The van der Waals surface area contributed by atoms with E-state index in [9.17, 15) is 28.3 Å². The summed E-state index contributed by atoms with van der Waals surface area (Å²) in [5, 5.41) is 29.7. The molecule has 0 aliphatic carbocycles. The third kappa shape index (κ3) is 4.87. The maximum atomic E-state index is 11.4. The molecule has 0 bridgehead atoms. The lowest BCUT2D eigenvalue weighted by molar-refractivity contribution is -0.254. The van der Waals surface area contributed by atoms with Gasteiger partial charge >= 0.3 is 0 Å². The predicted molar refractivity (Wildman–Crippen MR) is 115 cm³/mol. The highest BCUT2D eigenvalue weighted by Gasteiger charge is 2.50. The first-order valence-corrected chi connectivity index (χ1v) is 11.9. The van der Waals surface area contributed by atoms with Crippen LogP contribution in [0.4, 0.5) is 5.69 Å². The van der Waals surface area contributed by atoms with Gasteiger partial charge in [0.2, 0.25) is 11.7 Å². The number of rotatable bonds is 5. The number of benzene rings is 1. The van der Waals surface area contributed by atoms with E-state index in [4.69, 9.17) is 9.47 Å². The minimum absolute atomic E-state index is 0.139. The van der Waals surface area contributed by atoms with Crippen LogP contribution >= 0.6 is 0 Å². The summed E-state index contributed by atoms with van der Waals surface area (Å²) < 4.78 is 42.3. The molecule has 1 unspecified atom stereocenters. The quantitative estimate of drug-likeness (QED) is 0.465. The fraction of sp³-hybridized carbons (Fsp3) is 0.476. The summed E-state index contributed by atoms with van der Waals surface area (Å²) in [6.45, 7) is 2.12. The van der Waals surface area contributed by atoms with Crippen LogP contribution in [-0.4, -0.2) is 76.4 Å². The summed E-state index contributed by atoms with van der Waals surface area (Å²) in [5.74, 6) is 0.139. The Bertz CT molecular complexity index is 1010. The molecule has 0 radical (unpaired) electrons. The van der Waals surface area contributed by atoms with Crippen LogP contribution in [-0.2, 0) is 14.9 Å². The molecule has 0 amide bonds. The fourth-order valence-electron chi connectivity index (χ4n) is 3.91. The lowest BCUT2D eigenvalue weighted by atomic mass is 10.1. The molecule has 11 heteroatoms. The molecule has 174 valence electrons. The molecule has 2 fully saturated rings. The number of aromatic nitrogens is 1. The summed E-state index contributed by atoms with van der Waals surface area (Å²) in [4.78, 5) is 6.69. The number of nitrogens with zero attached hydrogens (tertiary/aromatic N) is 2. The first kappa shape index (κ1) is 22.9. The Balaban J connectivity index is 1.44. The van der Waals surface area contributed by atoms with Crippen molar-refractivity contribution in [2.75, 3.05) is 18.0 Å². The Morgan fingerprint density at radius 1 is 0.938 bits per heavy atom. The SMILES string of the molecule is O=S(=O)(O)C1O[C@@H](Oc2ccc(-c3ccc(N4CCCCC4)cc3)nc2)[C@H](O)[C@@H](O)[C@@H]1O. The van der Waals surface area contributed by atoms with Gasteiger partial charge < -0.3 is 29.7 Å². The van der Waals surface area contributed by atoms with Crippen molar-refractivity contribution in [1.82, 2.24) is 4.98 Å². The van der Waals surface area contributed by atoms with Crippen LogP contribution in [0.1, 0.15) is 19.3 Å². The van der Waals surface area contributed by atoms with Crippen LogP contribution in [0.2, 0.25) is 0 Å². The van der Waals surface area contributed by atoms with Crippen molar-refractivity contribution in [3.63, 3.8) is 0 Å². The molecule has 2 aliphatic heterocycles. The predicted octanol–water partition coefficient (Wildman–Crippen LogP) is 0.771. The molecule has 10 nitrogen and oxygen atoms in total. The molecule has 32 heavy (non-hydrogen) atoms. The molecule has 1 aromatic carbocycles. The standard InChI is InChI=1S/C21H26N2O8S/c24-17-18(25)20(31-21(19(17)26)32(27,28)29)30-15-8-9-16(22-12-15)13-4-6-14(7-5-13)23-10-2-1-3-11-23/h4-9,12,17-21,24-26H,1-3,10-11H2,(H,27,28,29)/t17-,18-,19+,20-,21?/m1/s1. The Kier molecular flexibility index (Phi) is 6.65. The third-order valence-corrected chi connectivity index (χ3v) is 6.67. The third-order valence-electron chi connectivity index (χ3n) is 5.69. The Morgan fingerprint density at radius 2 is 1.62 bits per heavy atom. The molecule has 2 saturated heterocycles. The number of hydrogen-bond acceptors (Lipinski definition) is 9. The van der Waals surface area contributed by atoms with E-state index in [-0.39, 0.29) is 5.75 Å².